The molecule has 1 N–H and O–H groups in total. The molecule has 0 aliphatic heterocycles. The van der Waals surface area contributed by atoms with Crippen molar-refractivity contribution in [3.63, 3.8) is 0 Å². The minimum Gasteiger partial charge on any atom is -0.508 e. The van der Waals surface area contributed by atoms with Gasteiger partial charge in [-0.25, -0.2) is 0 Å². The highest BCUT2D eigenvalue weighted by atomic mass is 16.5. The number of aromatic hydroxyl groups is 1. The summed E-state index contributed by atoms with van der Waals surface area (Å²) in [5, 5.41) is 9.06. The van der Waals surface area contributed by atoms with Crippen molar-refractivity contribution in [2.75, 3.05) is 27.2 Å². The smallest absolute Gasteiger partial charge is 0.316 e. The van der Waals surface area contributed by atoms with E-state index in [-0.39, 0.29) is 23.1 Å². The maximum atomic E-state index is 11.7. The van der Waals surface area contributed by atoms with Crippen LogP contribution in [0.2, 0.25) is 0 Å². The summed E-state index contributed by atoms with van der Waals surface area (Å²) >= 11 is 0. The van der Waals surface area contributed by atoms with E-state index in [9.17, 15) is 9.59 Å². The fourth-order valence-electron chi connectivity index (χ4n) is 1.56. The van der Waals surface area contributed by atoms with Crippen LogP contribution in [-0.2, 0) is 14.3 Å². The van der Waals surface area contributed by atoms with Gasteiger partial charge in [-0.05, 0) is 78.9 Å². The Morgan fingerprint density at radius 3 is 1.82 bits per heavy atom. The third-order valence-electron chi connectivity index (χ3n) is 4.69. The Morgan fingerprint density at radius 2 is 1.39 bits per heavy atom. The second-order valence-electron chi connectivity index (χ2n) is 8.30. The van der Waals surface area contributed by atoms with E-state index in [1.54, 1.807) is 12.1 Å². The summed E-state index contributed by atoms with van der Waals surface area (Å²) in [5.41, 5.74) is -0.815. The van der Waals surface area contributed by atoms with Gasteiger partial charge >= 0.3 is 11.9 Å². The van der Waals surface area contributed by atoms with E-state index in [4.69, 9.17) is 14.6 Å². The van der Waals surface area contributed by atoms with Crippen molar-refractivity contribution in [3.8, 4) is 11.5 Å². The lowest BCUT2D eigenvalue weighted by Gasteiger charge is -2.20. The van der Waals surface area contributed by atoms with Gasteiger partial charge in [-0.2, -0.15) is 0 Å². The number of hydrogen-bond acceptors (Lipinski definition) is 6. The summed E-state index contributed by atoms with van der Waals surface area (Å²) < 4.78 is 10.3. The van der Waals surface area contributed by atoms with Crippen LogP contribution in [0.5, 0.6) is 11.5 Å². The Morgan fingerprint density at radius 1 is 0.929 bits per heavy atom. The van der Waals surface area contributed by atoms with Crippen LogP contribution < -0.4 is 4.74 Å². The van der Waals surface area contributed by atoms with Crippen LogP contribution in [-0.4, -0.2) is 49.2 Å². The molecule has 0 aliphatic carbocycles. The van der Waals surface area contributed by atoms with Crippen molar-refractivity contribution in [2.24, 2.45) is 10.8 Å². The summed E-state index contributed by atoms with van der Waals surface area (Å²) in [6.07, 6.45) is 1.54. The van der Waals surface area contributed by atoms with Crippen molar-refractivity contribution >= 4 is 11.9 Å². The van der Waals surface area contributed by atoms with Crippen molar-refractivity contribution in [3.05, 3.63) is 24.3 Å². The number of nitrogens with zero attached hydrogens (tertiary/aromatic N) is 1. The maximum Gasteiger partial charge on any atom is 0.316 e. The molecule has 6 heteroatoms. The van der Waals surface area contributed by atoms with E-state index >= 15 is 0 Å². The first-order chi connectivity index (χ1) is 12.9. The van der Waals surface area contributed by atoms with Crippen molar-refractivity contribution in [1.82, 2.24) is 4.90 Å². The molecule has 0 unspecified atom stereocenters. The second kappa shape index (κ2) is 11.7. The molecule has 1 rings (SSSR count). The number of esters is 2. The molecule has 160 valence electrons. The average molecular weight is 396 g/mol. The Labute approximate surface area is 169 Å². The van der Waals surface area contributed by atoms with Gasteiger partial charge in [0.05, 0.1) is 10.8 Å². The highest BCUT2D eigenvalue weighted by Crippen LogP contribution is 2.24. The number of ether oxygens (including phenoxy) is 2. The number of carbonyl (C=O) groups excluding carboxylic acids is 2. The third-order valence-corrected chi connectivity index (χ3v) is 4.69. The normalized spacial score (nSPS) is 11.5. The van der Waals surface area contributed by atoms with Gasteiger partial charge in [-0.1, -0.05) is 13.8 Å². The van der Waals surface area contributed by atoms with Gasteiger partial charge in [0.15, 0.2) is 0 Å². The summed E-state index contributed by atoms with van der Waals surface area (Å²) in [4.78, 5) is 25.1. The molecule has 0 fully saturated rings. The quantitative estimate of drug-likeness (QED) is 0.523. The van der Waals surface area contributed by atoms with Crippen LogP contribution in [0.25, 0.3) is 0 Å². The lowest BCUT2D eigenvalue weighted by Crippen LogP contribution is -2.28. The molecular formula is C22H37NO5. The molecule has 0 radical (unpaired) electrons. The minimum absolute atomic E-state index is 0.100. The highest BCUT2D eigenvalue weighted by Gasteiger charge is 2.28. The summed E-state index contributed by atoms with van der Waals surface area (Å²) in [5.74, 6) is 0.261. The molecule has 0 saturated heterocycles. The number of phenols is 1. The molecule has 0 bridgehead atoms. The number of carbonyl (C=O) groups is 2. The predicted molar refractivity (Wildman–Crippen MR) is 111 cm³/mol. The second-order valence-corrected chi connectivity index (χ2v) is 8.30. The van der Waals surface area contributed by atoms with Crippen molar-refractivity contribution in [1.29, 1.82) is 0 Å². The summed E-state index contributed by atoms with van der Waals surface area (Å²) in [7, 11) is 3.91. The van der Waals surface area contributed by atoms with E-state index < -0.39 is 5.41 Å². The number of phenolic OH excluding ortho intramolecular Hbond substituents is 1. The first kappa shape index (κ1) is 25.9. The zero-order chi connectivity index (χ0) is 22.0. The van der Waals surface area contributed by atoms with Crippen LogP contribution >= 0.6 is 0 Å². The minimum atomic E-state index is -0.474. The lowest BCUT2D eigenvalue weighted by molar-refractivity contribution is -0.154. The van der Waals surface area contributed by atoms with Gasteiger partial charge in [0.25, 0.3) is 0 Å². The predicted octanol–water partition coefficient (Wildman–Crippen LogP) is 4.26. The van der Waals surface area contributed by atoms with Gasteiger partial charge in [-0.3, -0.25) is 9.59 Å². The van der Waals surface area contributed by atoms with Gasteiger partial charge < -0.3 is 19.5 Å². The van der Waals surface area contributed by atoms with Crippen LogP contribution in [0.3, 0.4) is 0 Å². The van der Waals surface area contributed by atoms with Crippen molar-refractivity contribution in [2.45, 2.75) is 54.4 Å². The molecule has 6 nitrogen and oxygen atoms in total. The number of hydrogen-bond donors (Lipinski definition) is 1. The van der Waals surface area contributed by atoms with Crippen LogP contribution in [0.4, 0.5) is 0 Å². The fraction of sp³-hybridized carbons (Fsp3) is 0.636. The van der Waals surface area contributed by atoms with Gasteiger partial charge in [0, 0.05) is 6.54 Å². The molecule has 0 aromatic heterocycles. The van der Waals surface area contributed by atoms with Crippen LogP contribution in [0.1, 0.15) is 54.4 Å². The first-order valence-corrected chi connectivity index (χ1v) is 9.69. The Kier molecular flexibility index (Phi) is 10.8. The van der Waals surface area contributed by atoms with Crippen LogP contribution in [0.15, 0.2) is 24.3 Å². The molecule has 1 aromatic rings. The van der Waals surface area contributed by atoms with Gasteiger partial charge in [0.1, 0.15) is 18.1 Å². The lowest BCUT2D eigenvalue weighted by atomic mass is 9.91. The van der Waals surface area contributed by atoms with E-state index in [1.165, 1.54) is 12.1 Å². The fourth-order valence-corrected chi connectivity index (χ4v) is 1.56. The molecular weight excluding hydrogens is 358 g/mol. The molecule has 28 heavy (non-hydrogen) atoms. The average Bonchev–Trinajstić information content (AvgIpc) is 2.63. The molecule has 0 atom stereocenters. The van der Waals surface area contributed by atoms with Gasteiger partial charge in [0.2, 0.25) is 0 Å². The SMILES string of the molecule is CCC(C)(C)C(=O)OCCN(C)C.CCC(C)(C)C(=O)Oc1ccc(O)cc1. The molecule has 0 heterocycles. The molecule has 0 spiro atoms. The van der Waals surface area contributed by atoms with E-state index in [2.05, 4.69) is 0 Å². The van der Waals surface area contributed by atoms with Crippen molar-refractivity contribution < 1.29 is 24.2 Å². The van der Waals surface area contributed by atoms with E-state index in [0.29, 0.717) is 12.4 Å². The number of rotatable bonds is 8. The Bertz CT molecular complexity index is 606. The topological polar surface area (TPSA) is 76.1 Å². The van der Waals surface area contributed by atoms with Gasteiger partial charge in [-0.15, -0.1) is 0 Å². The Balaban J connectivity index is 0.000000528. The molecule has 0 amide bonds. The Hall–Kier alpha value is -2.08. The monoisotopic (exact) mass is 395 g/mol. The van der Waals surface area contributed by atoms with E-state index in [0.717, 1.165) is 19.4 Å². The highest BCUT2D eigenvalue weighted by molar-refractivity contribution is 5.78. The standard InChI is InChI=1S/C12H16O3.C10H21NO2/c1-4-12(2,3)11(14)15-10-7-5-9(13)6-8-10;1-6-10(2,3)9(12)13-8-7-11(4)5/h5-8,13H,4H2,1-3H3;6-8H2,1-5H3. The molecule has 0 aliphatic rings. The molecule has 0 saturated carbocycles. The third kappa shape index (κ3) is 9.74. The zero-order valence-electron chi connectivity index (χ0n) is 18.7. The molecule has 1 aromatic carbocycles. The largest absolute Gasteiger partial charge is 0.508 e. The number of benzene rings is 1. The maximum absolute atomic E-state index is 11.7. The van der Waals surface area contributed by atoms with E-state index in [1.807, 2.05) is 60.5 Å². The summed E-state index contributed by atoms with van der Waals surface area (Å²) in [6, 6.07) is 6.11. The number of likely N-dealkylation sites (N-methyl/N-ethyl adjacent to an activating group) is 1. The zero-order valence-corrected chi connectivity index (χ0v) is 18.7. The van der Waals surface area contributed by atoms with Crippen LogP contribution in [0, 0.1) is 10.8 Å². The first-order valence-electron chi connectivity index (χ1n) is 9.69. The summed E-state index contributed by atoms with van der Waals surface area (Å²) in [6.45, 7) is 12.7.